The van der Waals surface area contributed by atoms with Crippen molar-refractivity contribution >= 4 is 28.9 Å². The number of nitrogens with one attached hydrogen (secondary N) is 2. The van der Waals surface area contributed by atoms with E-state index in [1.165, 1.54) is 19.8 Å². The van der Waals surface area contributed by atoms with Crippen molar-refractivity contribution in [1.29, 1.82) is 0 Å². The molecule has 1 atom stereocenters. The molecule has 1 aromatic carbocycles. The van der Waals surface area contributed by atoms with Gasteiger partial charge in [0.1, 0.15) is 18.0 Å². The van der Waals surface area contributed by atoms with Crippen LogP contribution in [0.1, 0.15) is 26.7 Å². The molecule has 1 aromatic heterocycles. The van der Waals surface area contributed by atoms with Crippen LogP contribution in [-0.2, 0) is 4.79 Å². The number of benzene rings is 1. The van der Waals surface area contributed by atoms with Gasteiger partial charge in [-0.2, -0.15) is 0 Å². The number of rotatable bonds is 4. The summed E-state index contributed by atoms with van der Waals surface area (Å²) in [7, 11) is 0. The molecular formula is C18H23N5O. The average Bonchev–Trinajstić information content (AvgIpc) is 2.56. The van der Waals surface area contributed by atoms with E-state index >= 15 is 0 Å². The molecule has 1 fully saturated rings. The van der Waals surface area contributed by atoms with E-state index in [2.05, 4.69) is 32.4 Å². The van der Waals surface area contributed by atoms with Gasteiger partial charge in [-0.25, -0.2) is 9.97 Å². The molecule has 1 unspecified atom stereocenters. The van der Waals surface area contributed by atoms with Crippen LogP contribution in [0.15, 0.2) is 36.7 Å². The van der Waals surface area contributed by atoms with Crippen molar-refractivity contribution in [3.8, 4) is 0 Å². The summed E-state index contributed by atoms with van der Waals surface area (Å²) in [4.78, 5) is 22.1. The zero-order valence-corrected chi connectivity index (χ0v) is 14.1. The van der Waals surface area contributed by atoms with Crippen LogP contribution in [0.25, 0.3) is 0 Å². The van der Waals surface area contributed by atoms with Gasteiger partial charge in [-0.1, -0.05) is 6.92 Å². The second kappa shape index (κ2) is 7.29. The lowest BCUT2D eigenvalue weighted by molar-refractivity contribution is -0.114. The summed E-state index contributed by atoms with van der Waals surface area (Å²) in [5.74, 6) is 2.36. The molecule has 0 aliphatic carbocycles. The molecule has 1 aliphatic rings. The van der Waals surface area contributed by atoms with Crippen molar-refractivity contribution in [2.24, 2.45) is 5.92 Å². The minimum Gasteiger partial charge on any atom is -0.356 e. The quantitative estimate of drug-likeness (QED) is 0.901. The van der Waals surface area contributed by atoms with Gasteiger partial charge < -0.3 is 15.5 Å². The van der Waals surface area contributed by atoms with Crippen molar-refractivity contribution in [3.05, 3.63) is 36.7 Å². The molecule has 1 aliphatic heterocycles. The minimum atomic E-state index is -0.0769. The Balaban J connectivity index is 1.69. The molecule has 6 heteroatoms. The van der Waals surface area contributed by atoms with E-state index in [1.54, 1.807) is 6.33 Å². The van der Waals surface area contributed by atoms with Crippen molar-refractivity contribution in [1.82, 2.24) is 9.97 Å². The first-order chi connectivity index (χ1) is 11.6. The molecule has 1 saturated heterocycles. The van der Waals surface area contributed by atoms with Crippen molar-refractivity contribution < 1.29 is 4.79 Å². The number of carbonyl (C=O) groups is 1. The first-order valence-electron chi connectivity index (χ1n) is 8.32. The van der Waals surface area contributed by atoms with E-state index in [4.69, 9.17) is 0 Å². The lowest BCUT2D eigenvalue weighted by Crippen LogP contribution is -2.34. The van der Waals surface area contributed by atoms with Crippen molar-refractivity contribution in [3.63, 3.8) is 0 Å². The average molecular weight is 325 g/mol. The normalized spacial score (nSPS) is 17.4. The van der Waals surface area contributed by atoms with Gasteiger partial charge in [0.05, 0.1) is 0 Å². The second-order valence-electron chi connectivity index (χ2n) is 6.34. The molecule has 2 aromatic rings. The number of piperidine rings is 1. The molecule has 0 spiro atoms. The number of aromatic nitrogens is 2. The Bertz CT molecular complexity index is 701. The van der Waals surface area contributed by atoms with Crippen LogP contribution in [0.2, 0.25) is 0 Å². The van der Waals surface area contributed by atoms with Gasteiger partial charge in [0, 0.05) is 37.5 Å². The standard InChI is InChI=1S/C18H23N5O/c1-13-4-3-9-23(11-13)18-10-17(19-12-20-18)22-16-7-5-15(6-8-16)21-14(2)24/h5-8,10,12-13H,3-4,9,11H2,1-2H3,(H,21,24)(H,19,20,22). The maximum absolute atomic E-state index is 11.1. The summed E-state index contributed by atoms with van der Waals surface area (Å²) >= 11 is 0. The Morgan fingerprint density at radius 1 is 1.21 bits per heavy atom. The van der Waals surface area contributed by atoms with Crippen LogP contribution in [0, 0.1) is 5.92 Å². The van der Waals surface area contributed by atoms with Crippen LogP contribution in [0.4, 0.5) is 23.0 Å². The van der Waals surface area contributed by atoms with E-state index in [0.29, 0.717) is 5.92 Å². The molecule has 2 N–H and O–H groups in total. The fourth-order valence-electron chi connectivity index (χ4n) is 2.97. The van der Waals surface area contributed by atoms with Gasteiger partial charge in [-0.3, -0.25) is 4.79 Å². The summed E-state index contributed by atoms with van der Waals surface area (Å²) in [6, 6.07) is 9.53. The highest BCUT2D eigenvalue weighted by molar-refractivity contribution is 5.88. The maximum atomic E-state index is 11.1. The van der Waals surface area contributed by atoms with E-state index in [-0.39, 0.29) is 5.91 Å². The van der Waals surface area contributed by atoms with Gasteiger partial charge in [0.2, 0.25) is 5.91 Å². The summed E-state index contributed by atoms with van der Waals surface area (Å²) in [6.45, 7) is 5.87. The zero-order chi connectivity index (χ0) is 16.9. The van der Waals surface area contributed by atoms with Gasteiger partial charge in [0.15, 0.2) is 0 Å². The highest BCUT2D eigenvalue weighted by atomic mass is 16.1. The zero-order valence-electron chi connectivity index (χ0n) is 14.1. The topological polar surface area (TPSA) is 70.2 Å². The van der Waals surface area contributed by atoms with Gasteiger partial charge in [-0.05, 0) is 43.0 Å². The van der Waals surface area contributed by atoms with E-state index in [0.717, 1.165) is 36.1 Å². The summed E-state index contributed by atoms with van der Waals surface area (Å²) in [5, 5.41) is 6.04. The summed E-state index contributed by atoms with van der Waals surface area (Å²) < 4.78 is 0. The smallest absolute Gasteiger partial charge is 0.221 e. The number of nitrogens with zero attached hydrogens (tertiary/aromatic N) is 3. The summed E-state index contributed by atoms with van der Waals surface area (Å²) in [5.41, 5.74) is 1.69. The third kappa shape index (κ3) is 4.22. The third-order valence-corrected chi connectivity index (χ3v) is 4.11. The van der Waals surface area contributed by atoms with Gasteiger partial charge in [0.25, 0.3) is 0 Å². The Morgan fingerprint density at radius 2 is 1.96 bits per heavy atom. The molecule has 2 heterocycles. The number of carbonyl (C=O) groups excluding carboxylic acids is 1. The van der Waals surface area contributed by atoms with E-state index in [1.807, 2.05) is 30.3 Å². The monoisotopic (exact) mass is 325 g/mol. The molecular weight excluding hydrogens is 302 g/mol. The first-order valence-corrected chi connectivity index (χ1v) is 8.32. The SMILES string of the molecule is CC(=O)Nc1ccc(Nc2cc(N3CCCC(C)C3)ncn2)cc1. The second-order valence-corrected chi connectivity index (χ2v) is 6.34. The van der Waals surface area contributed by atoms with Crippen LogP contribution >= 0.6 is 0 Å². The fourth-order valence-corrected chi connectivity index (χ4v) is 2.97. The molecule has 0 bridgehead atoms. The molecule has 0 radical (unpaired) electrons. The number of hydrogen-bond acceptors (Lipinski definition) is 5. The van der Waals surface area contributed by atoms with Gasteiger partial charge in [-0.15, -0.1) is 0 Å². The van der Waals surface area contributed by atoms with Crippen LogP contribution in [0.5, 0.6) is 0 Å². The number of hydrogen-bond donors (Lipinski definition) is 2. The highest BCUT2D eigenvalue weighted by Gasteiger charge is 2.17. The first kappa shape index (κ1) is 16.2. The molecule has 0 saturated carbocycles. The maximum Gasteiger partial charge on any atom is 0.221 e. The van der Waals surface area contributed by atoms with E-state index < -0.39 is 0 Å². The predicted octanol–water partition coefficient (Wildman–Crippen LogP) is 3.41. The molecule has 126 valence electrons. The third-order valence-electron chi connectivity index (χ3n) is 4.11. The Morgan fingerprint density at radius 3 is 2.67 bits per heavy atom. The largest absolute Gasteiger partial charge is 0.356 e. The Hall–Kier alpha value is -2.63. The lowest BCUT2D eigenvalue weighted by Gasteiger charge is -2.31. The van der Waals surface area contributed by atoms with Crippen LogP contribution in [-0.4, -0.2) is 29.0 Å². The van der Waals surface area contributed by atoms with Crippen molar-refractivity contribution in [2.45, 2.75) is 26.7 Å². The van der Waals surface area contributed by atoms with Gasteiger partial charge >= 0.3 is 0 Å². The lowest BCUT2D eigenvalue weighted by atomic mass is 10.0. The van der Waals surface area contributed by atoms with Crippen LogP contribution in [0.3, 0.4) is 0 Å². The summed E-state index contributed by atoms with van der Waals surface area (Å²) in [6.07, 6.45) is 4.09. The van der Waals surface area contributed by atoms with Crippen molar-refractivity contribution in [2.75, 3.05) is 28.6 Å². The van der Waals surface area contributed by atoms with Crippen LogP contribution < -0.4 is 15.5 Å². The fraction of sp³-hybridized carbons (Fsp3) is 0.389. The Labute approximate surface area is 142 Å². The number of amides is 1. The molecule has 6 nitrogen and oxygen atoms in total. The predicted molar refractivity (Wildman–Crippen MR) is 96.7 cm³/mol. The minimum absolute atomic E-state index is 0.0769. The van der Waals surface area contributed by atoms with E-state index in [9.17, 15) is 4.79 Å². The molecule has 24 heavy (non-hydrogen) atoms. The molecule has 1 amide bonds. The Kier molecular flexibility index (Phi) is 4.93. The molecule has 3 rings (SSSR count). The highest BCUT2D eigenvalue weighted by Crippen LogP contribution is 2.24. The number of anilines is 4.